The number of rotatable bonds is 6. The number of carbonyl (C=O) groups excluding carboxylic acids is 2. The lowest BCUT2D eigenvalue weighted by Crippen LogP contribution is -2.31. The molecule has 2 aromatic carbocycles. The molecule has 1 saturated heterocycles. The Morgan fingerprint density at radius 1 is 1.22 bits per heavy atom. The third-order valence-electron chi connectivity index (χ3n) is 4.72. The van der Waals surface area contributed by atoms with Crippen molar-refractivity contribution in [2.75, 3.05) is 18.0 Å². The van der Waals surface area contributed by atoms with Crippen molar-refractivity contribution < 1.29 is 9.59 Å². The number of anilines is 1. The van der Waals surface area contributed by atoms with Crippen molar-refractivity contribution in [3.63, 3.8) is 0 Å². The van der Waals surface area contributed by atoms with Gasteiger partial charge in [0.05, 0.1) is 11.6 Å². The molecule has 0 aromatic heterocycles. The van der Waals surface area contributed by atoms with E-state index < -0.39 is 0 Å². The van der Waals surface area contributed by atoms with Crippen LogP contribution in [0.2, 0.25) is 0 Å². The van der Waals surface area contributed by atoms with E-state index in [0.717, 1.165) is 24.1 Å². The van der Waals surface area contributed by atoms with Gasteiger partial charge in [-0.1, -0.05) is 25.1 Å². The van der Waals surface area contributed by atoms with Gasteiger partial charge in [-0.05, 0) is 48.7 Å². The van der Waals surface area contributed by atoms with Crippen molar-refractivity contribution in [2.24, 2.45) is 0 Å². The molecule has 0 radical (unpaired) electrons. The van der Waals surface area contributed by atoms with E-state index in [1.54, 1.807) is 23.1 Å². The highest BCUT2D eigenvalue weighted by Crippen LogP contribution is 2.23. The number of hydrogen-bond donors (Lipinski definition) is 0. The molecule has 0 unspecified atom stereocenters. The maximum atomic E-state index is 13.1. The van der Waals surface area contributed by atoms with Crippen LogP contribution in [0, 0.1) is 11.3 Å². The smallest absolute Gasteiger partial charge is 0.254 e. The van der Waals surface area contributed by atoms with Gasteiger partial charge in [0.1, 0.15) is 0 Å². The monoisotopic (exact) mass is 361 g/mol. The summed E-state index contributed by atoms with van der Waals surface area (Å²) in [4.78, 5) is 28.6. The fourth-order valence-corrected chi connectivity index (χ4v) is 3.34. The fourth-order valence-electron chi connectivity index (χ4n) is 3.34. The second kappa shape index (κ2) is 8.50. The standard InChI is InChI=1S/C22H23N3O2/c1-2-12-24(16-18-10-8-17(15-23)9-11-18)22(27)19-5-3-6-20(14-19)25-13-4-7-21(25)26/h3,5-6,8-11,14H,2,4,7,12-13,16H2,1H3. The first-order valence-corrected chi connectivity index (χ1v) is 9.31. The van der Waals surface area contributed by atoms with Crippen molar-refractivity contribution in [3.05, 3.63) is 65.2 Å². The zero-order valence-electron chi connectivity index (χ0n) is 15.5. The zero-order chi connectivity index (χ0) is 19.2. The van der Waals surface area contributed by atoms with Crippen molar-refractivity contribution in [1.82, 2.24) is 4.90 Å². The van der Waals surface area contributed by atoms with Crippen LogP contribution in [0.15, 0.2) is 48.5 Å². The molecule has 0 aliphatic carbocycles. The van der Waals surface area contributed by atoms with Gasteiger partial charge in [0.15, 0.2) is 0 Å². The van der Waals surface area contributed by atoms with Crippen LogP contribution in [-0.2, 0) is 11.3 Å². The van der Waals surface area contributed by atoms with E-state index in [2.05, 4.69) is 6.07 Å². The molecule has 2 aromatic rings. The first kappa shape index (κ1) is 18.7. The van der Waals surface area contributed by atoms with Crippen molar-refractivity contribution >= 4 is 17.5 Å². The maximum absolute atomic E-state index is 13.1. The molecule has 27 heavy (non-hydrogen) atoms. The van der Waals surface area contributed by atoms with Gasteiger partial charge < -0.3 is 9.80 Å². The van der Waals surface area contributed by atoms with Gasteiger partial charge >= 0.3 is 0 Å². The first-order chi connectivity index (χ1) is 13.1. The lowest BCUT2D eigenvalue weighted by Gasteiger charge is -2.23. The molecule has 5 nitrogen and oxygen atoms in total. The van der Waals surface area contributed by atoms with Crippen LogP contribution < -0.4 is 4.90 Å². The third kappa shape index (κ3) is 4.35. The van der Waals surface area contributed by atoms with E-state index in [-0.39, 0.29) is 11.8 Å². The highest BCUT2D eigenvalue weighted by Gasteiger charge is 2.23. The molecule has 5 heteroatoms. The molecule has 3 rings (SSSR count). The normalized spacial score (nSPS) is 13.5. The Hall–Kier alpha value is -3.13. The molecule has 0 N–H and O–H groups in total. The first-order valence-electron chi connectivity index (χ1n) is 9.31. The van der Waals surface area contributed by atoms with E-state index in [0.29, 0.717) is 37.2 Å². The second-order valence-electron chi connectivity index (χ2n) is 6.73. The second-order valence-corrected chi connectivity index (χ2v) is 6.73. The van der Waals surface area contributed by atoms with Crippen LogP contribution >= 0.6 is 0 Å². The van der Waals surface area contributed by atoms with Gasteiger partial charge in [0, 0.05) is 37.3 Å². The molecule has 138 valence electrons. The molecule has 2 amide bonds. The zero-order valence-corrected chi connectivity index (χ0v) is 15.5. The van der Waals surface area contributed by atoms with Crippen LogP contribution in [0.1, 0.15) is 47.7 Å². The van der Waals surface area contributed by atoms with Crippen molar-refractivity contribution in [2.45, 2.75) is 32.7 Å². The fraction of sp³-hybridized carbons (Fsp3) is 0.318. The summed E-state index contributed by atoms with van der Waals surface area (Å²) in [7, 11) is 0. The largest absolute Gasteiger partial charge is 0.334 e. The Labute approximate surface area is 159 Å². The van der Waals surface area contributed by atoms with E-state index >= 15 is 0 Å². The van der Waals surface area contributed by atoms with Crippen LogP contribution in [-0.4, -0.2) is 29.8 Å². The maximum Gasteiger partial charge on any atom is 0.254 e. The lowest BCUT2D eigenvalue weighted by atomic mass is 10.1. The van der Waals surface area contributed by atoms with Crippen molar-refractivity contribution in [1.29, 1.82) is 5.26 Å². The van der Waals surface area contributed by atoms with E-state index in [4.69, 9.17) is 5.26 Å². The van der Waals surface area contributed by atoms with E-state index in [9.17, 15) is 9.59 Å². The molecule has 1 fully saturated rings. The molecule has 0 spiro atoms. The Kier molecular flexibility index (Phi) is 5.87. The number of carbonyl (C=O) groups is 2. The molecular weight excluding hydrogens is 338 g/mol. The van der Waals surface area contributed by atoms with Gasteiger partial charge in [0.2, 0.25) is 5.91 Å². The summed E-state index contributed by atoms with van der Waals surface area (Å²) < 4.78 is 0. The van der Waals surface area contributed by atoms with Crippen LogP contribution in [0.5, 0.6) is 0 Å². The summed E-state index contributed by atoms with van der Waals surface area (Å²) in [5.74, 6) is 0.0669. The number of benzene rings is 2. The van der Waals surface area contributed by atoms with Gasteiger partial charge in [-0.15, -0.1) is 0 Å². The minimum atomic E-state index is -0.0466. The van der Waals surface area contributed by atoms with Gasteiger partial charge in [-0.2, -0.15) is 5.26 Å². The Morgan fingerprint density at radius 3 is 2.63 bits per heavy atom. The van der Waals surface area contributed by atoms with Crippen LogP contribution in [0.3, 0.4) is 0 Å². The van der Waals surface area contributed by atoms with Gasteiger partial charge in [0.25, 0.3) is 5.91 Å². The average molecular weight is 361 g/mol. The highest BCUT2D eigenvalue weighted by atomic mass is 16.2. The minimum Gasteiger partial charge on any atom is -0.334 e. The predicted molar refractivity (Wildman–Crippen MR) is 104 cm³/mol. The van der Waals surface area contributed by atoms with Gasteiger partial charge in [-0.25, -0.2) is 0 Å². The number of amides is 2. The number of nitrogens with zero attached hydrogens (tertiary/aromatic N) is 3. The van der Waals surface area contributed by atoms with E-state index in [1.807, 2.05) is 42.2 Å². The Balaban J connectivity index is 1.80. The number of hydrogen-bond acceptors (Lipinski definition) is 3. The van der Waals surface area contributed by atoms with Crippen LogP contribution in [0.25, 0.3) is 0 Å². The summed E-state index contributed by atoms with van der Waals surface area (Å²) >= 11 is 0. The summed E-state index contributed by atoms with van der Waals surface area (Å²) in [5, 5.41) is 8.92. The Bertz CT molecular complexity index is 868. The topological polar surface area (TPSA) is 64.4 Å². The highest BCUT2D eigenvalue weighted by molar-refractivity contribution is 5.99. The quantitative estimate of drug-likeness (QED) is 0.787. The summed E-state index contributed by atoms with van der Waals surface area (Å²) in [6.07, 6.45) is 2.28. The minimum absolute atomic E-state index is 0.0466. The van der Waals surface area contributed by atoms with Crippen LogP contribution in [0.4, 0.5) is 5.69 Å². The van der Waals surface area contributed by atoms with E-state index in [1.165, 1.54) is 0 Å². The SMILES string of the molecule is CCCN(Cc1ccc(C#N)cc1)C(=O)c1cccc(N2CCCC2=O)c1. The molecule has 1 aliphatic rings. The lowest BCUT2D eigenvalue weighted by molar-refractivity contribution is -0.117. The van der Waals surface area contributed by atoms with Gasteiger partial charge in [-0.3, -0.25) is 9.59 Å². The summed E-state index contributed by atoms with van der Waals surface area (Å²) in [5.41, 5.74) is 2.98. The molecule has 1 heterocycles. The summed E-state index contributed by atoms with van der Waals surface area (Å²) in [6.45, 7) is 3.88. The Morgan fingerprint density at radius 2 is 2.00 bits per heavy atom. The predicted octanol–water partition coefficient (Wildman–Crippen LogP) is 3.74. The molecular formula is C22H23N3O2. The number of nitriles is 1. The third-order valence-corrected chi connectivity index (χ3v) is 4.72. The molecule has 0 atom stereocenters. The summed E-state index contributed by atoms with van der Waals surface area (Å²) in [6, 6.07) is 16.7. The molecule has 0 saturated carbocycles. The average Bonchev–Trinajstić information content (AvgIpc) is 3.13. The van der Waals surface area contributed by atoms with Crippen molar-refractivity contribution in [3.8, 4) is 6.07 Å². The molecule has 1 aliphatic heterocycles. The molecule has 0 bridgehead atoms.